The highest BCUT2D eigenvalue weighted by atomic mass is 35.5. The van der Waals surface area contributed by atoms with Crippen molar-refractivity contribution < 1.29 is 18.0 Å². The molecule has 1 saturated heterocycles. The van der Waals surface area contributed by atoms with Crippen LogP contribution in [0.3, 0.4) is 0 Å². The minimum Gasteiger partial charge on any atom is -0.344 e. The molecule has 0 saturated carbocycles. The van der Waals surface area contributed by atoms with E-state index in [1.807, 2.05) is 6.92 Å². The molecule has 1 aromatic heterocycles. The van der Waals surface area contributed by atoms with E-state index in [0.29, 0.717) is 23.4 Å². The highest BCUT2D eigenvalue weighted by molar-refractivity contribution is 6.42. The largest absolute Gasteiger partial charge is 0.435 e. The van der Waals surface area contributed by atoms with Crippen LogP contribution in [-0.2, 0) is 11.0 Å². The van der Waals surface area contributed by atoms with Gasteiger partial charge in [-0.25, -0.2) is 4.68 Å². The molecule has 3 heterocycles. The molecule has 166 valence electrons. The first kappa shape index (κ1) is 22.0. The number of anilines is 1. The molecular formula is C21H21Cl2F3N4O. The van der Waals surface area contributed by atoms with Crippen LogP contribution in [0.1, 0.15) is 50.4 Å². The number of amides is 1. The zero-order valence-electron chi connectivity index (χ0n) is 16.9. The molecule has 10 heteroatoms. The lowest BCUT2D eigenvalue weighted by atomic mass is 9.94. The molecule has 4 rings (SSSR count). The van der Waals surface area contributed by atoms with Gasteiger partial charge >= 0.3 is 6.18 Å². The summed E-state index contributed by atoms with van der Waals surface area (Å²) in [5, 5.41) is 7.16. The molecule has 1 N–H and O–H groups in total. The van der Waals surface area contributed by atoms with Gasteiger partial charge in [0.1, 0.15) is 11.9 Å². The fourth-order valence-electron chi connectivity index (χ4n) is 4.39. The lowest BCUT2D eigenvalue weighted by Gasteiger charge is -2.34. The first-order chi connectivity index (χ1) is 14.6. The van der Waals surface area contributed by atoms with Gasteiger partial charge in [-0.3, -0.25) is 4.79 Å². The smallest absolute Gasteiger partial charge is 0.344 e. The Labute approximate surface area is 187 Å². The number of fused-ring (bicyclic) bond motifs is 1. The van der Waals surface area contributed by atoms with Gasteiger partial charge in [0.2, 0.25) is 0 Å². The number of carbonyl (C=O) groups is 1. The average Bonchev–Trinajstić information content (AvgIpc) is 3.35. The molecule has 2 unspecified atom stereocenters. The minimum absolute atomic E-state index is 0.0908. The number of rotatable bonds is 3. The summed E-state index contributed by atoms with van der Waals surface area (Å²) >= 11 is 12.7. The molecule has 2 aliphatic rings. The van der Waals surface area contributed by atoms with Crippen LogP contribution in [0.2, 0.25) is 10.0 Å². The maximum atomic E-state index is 13.7. The maximum absolute atomic E-state index is 13.7. The Morgan fingerprint density at radius 3 is 2.74 bits per heavy atom. The topological polar surface area (TPSA) is 50.2 Å². The zero-order chi connectivity index (χ0) is 22.5. The zero-order valence-corrected chi connectivity index (χ0v) is 18.4. The van der Waals surface area contributed by atoms with Crippen molar-refractivity contribution in [3.05, 3.63) is 56.8 Å². The van der Waals surface area contributed by atoms with Gasteiger partial charge in [-0.2, -0.15) is 18.3 Å². The van der Waals surface area contributed by atoms with Gasteiger partial charge in [0, 0.05) is 29.9 Å². The normalized spacial score (nSPS) is 21.3. The number of nitrogens with one attached hydrogen (secondary N) is 1. The lowest BCUT2D eigenvalue weighted by Crippen LogP contribution is -2.40. The van der Waals surface area contributed by atoms with E-state index < -0.39 is 17.9 Å². The second-order valence-electron chi connectivity index (χ2n) is 7.77. The van der Waals surface area contributed by atoms with Crippen molar-refractivity contribution in [2.24, 2.45) is 0 Å². The number of nitrogens with zero attached hydrogens (tertiary/aromatic N) is 3. The van der Waals surface area contributed by atoms with Crippen LogP contribution >= 0.6 is 23.2 Å². The maximum Gasteiger partial charge on any atom is 0.435 e. The van der Waals surface area contributed by atoms with E-state index >= 15 is 0 Å². The Morgan fingerprint density at radius 1 is 1.32 bits per heavy atom. The molecule has 2 atom stereocenters. The standard InChI is InChI=1S/C21H21Cl2F3N4O/c1-3-12-6-5-9-29(12)20(31)17-11(2)27-16-10-15(21(24,25)26)28-30(16)19(17)13-7-4-8-14(22)18(13)23/h4,7-8,10,12,19,27H,3,5-6,9H2,1-2H3. The molecule has 31 heavy (non-hydrogen) atoms. The fraction of sp³-hybridized carbons (Fsp3) is 0.429. The van der Waals surface area contributed by atoms with Crippen molar-refractivity contribution in [2.45, 2.75) is 51.4 Å². The molecule has 0 bridgehead atoms. The molecule has 2 aliphatic heterocycles. The van der Waals surface area contributed by atoms with Gasteiger partial charge in [-0.1, -0.05) is 42.3 Å². The highest BCUT2D eigenvalue weighted by Crippen LogP contribution is 2.43. The molecule has 1 aromatic carbocycles. The summed E-state index contributed by atoms with van der Waals surface area (Å²) in [5.41, 5.74) is 0.152. The molecule has 5 nitrogen and oxygen atoms in total. The molecule has 2 aromatic rings. The first-order valence-electron chi connectivity index (χ1n) is 10.0. The average molecular weight is 473 g/mol. The Kier molecular flexibility index (Phi) is 5.72. The van der Waals surface area contributed by atoms with Crippen LogP contribution in [0.25, 0.3) is 0 Å². The van der Waals surface area contributed by atoms with E-state index in [9.17, 15) is 18.0 Å². The van der Waals surface area contributed by atoms with Gasteiger partial charge in [0.05, 0.1) is 15.6 Å². The summed E-state index contributed by atoms with van der Waals surface area (Å²) in [6.45, 7) is 4.30. The molecule has 0 spiro atoms. The predicted octanol–water partition coefficient (Wildman–Crippen LogP) is 5.90. The van der Waals surface area contributed by atoms with Gasteiger partial charge < -0.3 is 10.2 Å². The van der Waals surface area contributed by atoms with Gasteiger partial charge in [-0.15, -0.1) is 0 Å². The Hall–Kier alpha value is -2.19. The van der Waals surface area contributed by atoms with E-state index in [0.717, 1.165) is 25.3 Å². The number of carbonyl (C=O) groups excluding carboxylic acids is 1. The fourth-order valence-corrected chi connectivity index (χ4v) is 4.80. The van der Waals surface area contributed by atoms with Crippen molar-refractivity contribution >= 4 is 34.9 Å². The summed E-state index contributed by atoms with van der Waals surface area (Å²) in [7, 11) is 0. The van der Waals surface area contributed by atoms with Crippen LogP contribution in [0, 0.1) is 0 Å². The van der Waals surface area contributed by atoms with Crippen LogP contribution < -0.4 is 5.32 Å². The third-order valence-corrected chi connectivity index (χ3v) is 6.71. The van der Waals surface area contributed by atoms with Crippen molar-refractivity contribution in [3.8, 4) is 0 Å². The third-order valence-electron chi connectivity index (χ3n) is 5.88. The summed E-state index contributed by atoms with van der Waals surface area (Å²) < 4.78 is 41.4. The van der Waals surface area contributed by atoms with Gasteiger partial charge in [-0.05, 0) is 32.3 Å². The summed E-state index contributed by atoms with van der Waals surface area (Å²) in [5.74, 6) is -0.0963. The van der Waals surface area contributed by atoms with E-state index in [1.165, 1.54) is 4.68 Å². The van der Waals surface area contributed by atoms with Crippen molar-refractivity contribution in [3.63, 3.8) is 0 Å². The first-order valence-corrected chi connectivity index (χ1v) is 10.8. The Morgan fingerprint density at radius 2 is 2.06 bits per heavy atom. The molecular weight excluding hydrogens is 452 g/mol. The number of halogens is 5. The van der Waals surface area contributed by atoms with Gasteiger partial charge in [0.15, 0.2) is 5.69 Å². The summed E-state index contributed by atoms with van der Waals surface area (Å²) in [6.07, 6.45) is -2.04. The second kappa shape index (κ2) is 8.06. The number of allylic oxidation sites excluding steroid dienone is 1. The van der Waals surface area contributed by atoms with E-state index in [-0.39, 0.29) is 27.8 Å². The highest BCUT2D eigenvalue weighted by Gasteiger charge is 2.42. The van der Waals surface area contributed by atoms with E-state index in [2.05, 4.69) is 10.4 Å². The molecule has 0 aliphatic carbocycles. The summed E-state index contributed by atoms with van der Waals surface area (Å²) in [6, 6.07) is 4.98. The Balaban J connectivity index is 1.89. The van der Waals surface area contributed by atoms with Gasteiger partial charge in [0.25, 0.3) is 5.91 Å². The monoisotopic (exact) mass is 472 g/mol. The number of benzene rings is 1. The van der Waals surface area contributed by atoms with Crippen LogP contribution in [0.15, 0.2) is 35.5 Å². The second-order valence-corrected chi connectivity index (χ2v) is 8.55. The predicted molar refractivity (Wildman–Crippen MR) is 113 cm³/mol. The molecule has 1 amide bonds. The van der Waals surface area contributed by atoms with Crippen LogP contribution in [0.4, 0.5) is 19.0 Å². The minimum atomic E-state index is -4.63. The number of aromatic nitrogens is 2. The van der Waals surface area contributed by atoms with Crippen molar-refractivity contribution in [1.82, 2.24) is 14.7 Å². The SMILES string of the molecule is CCC1CCCN1C(=O)C1=C(C)Nc2cc(C(F)(F)F)nn2C1c1cccc(Cl)c1Cl. The Bertz CT molecular complexity index is 1060. The number of alkyl halides is 3. The van der Waals surface area contributed by atoms with Crippen LogP contribution in [0.5, 0.6) is 0 Å². The van der Waals surface area contributed by atoms with Crippen LogP contribution in [-0.4, -0.2) is 33.2 Å². The number of hydrogen-bond donors (Lipinski definition) is 1. The molecule has 0 radical (unpaired) electrons. The summed E-state index contributed by atoms with van der Waals surface area (Å²) in [4.78, 5) is 15.5. The van der Waals surface area contributed by atoms with E-state index in [4.69, 9.17) is 23.2 Å². The quantitative estimate of drug-likeness (QED) is 0.604. The van der Waals surface area contributed by atoms with E-state index in [1.54, 1.807) is 30.0 Å². The van der Waals surface area contributed by atoms with Crippen molar-refractivity contribution in [1.29, 1.82) is 0 Å². The lowest BCUT2D eigenvalue weighted by molar-refractivity contribution is -0.141. The van der Waals surface area contributed by atoms with Crippen molar-refractivity contribution in [2.75, 3.05) is 11.9 Å². The number of likely N-dealkylation sites (tertiary alicyclic amines) is 1. The number of hydrogen-bond acceptors (Lipinski definition) is 3. The third kappa shape index (κ3) is 3.80. The molecule has 1 fully saturated rings.